The van der Waals surface area contributed by atoms with E-state index in [0.29, 0.717) is 5.82 Å². The van der Waals surface area contributed by atoms with Crippen LogP contribution in [0.1, 0.15) is 5.82 Å². The SMILES string of the molecule is Fc1ccc(-c2nc(C=S)[nH]c2-c2ccncc2)cc1. The Morgan fingerprint density at radius 3 is 2.35 bits per heavy atom. The Morgan fingerprint density at radius 2 is 1.70 bits per heavy atom. The molecule has 20 heavy (non-hydrogen) atoms. The minimum Gasteiger partial charge on any atom is -0.337 e. The number of aromatic nitrogens is 3. The second-order valence-electron chi connectivity index (χ2n) is 4.21. The maximum absolute atomic E-state index is 13.0. The Balaban J connectivity index is 2.17. The number of imidazole rings is 1. The summed E-state index contributed by atoms with van der Waals surface area (Å²) in [6, 6.07) is 9.99. The molecule has 0 aliphatic heterocycles. The van der Waals surface area contributed by atoms with Crippen LogP contribution in [-0.2, 0) is 0 Å². The van der Waals surface area contributed by atoms with Crippen molar-refractivity contribution in [2.24, 2.45) is 0 Å². The van der Waals surface area contributed by atoms with Crippen molar-refractivity contribution in [3.63, 3.8) is 0 Å². The van der Waals surface area contributed by atoms with Crippen molar-refractivity contribution < 1.29 is 4.39 Å². The zero-order valence-electron chi connectivity index (χ0n) is 10.4. The highest BCUT2D eigenvalue weighted by Gasteiger charge is 2.13. The lowest BCUT2D eigenvalue weighted by Gasteiger charge is -2.02. The van der Waals surface area contributed by atoms with E-state index in [4.69, 9.17) is 12.2 Å². The largest absolute Gasteiger partial charge is 0.337 e. The highest BCUT2D eigenvalue weighted by Crippen LogP contribution is 2.29. The molecule has 2 aromatic heterocycles. The quantitative estimate of drug-likeness (QED) is 0.746. The highest BCUT2D eigenvalue weighted by molar-refractivity contribution is 7.79. The number of hydrogen-bond donors (Lipinski definition) is 1. The Kier molecular flexibility index (Phi) is 3.35. The van der Waals surface area contributed by atoms with Gasteiger partial charge in [-0.2, -0.15) is 0 Å². The average Bonchev–Trinajstić information content (AvgIpc) is 2.93. The number of benzene rings is 1. The molecule has 0 fully saturated rings. The van der Waals surface area contributed by atoms with Crippen molar-refractivity contribution in [3.05, 3.63) is 60.4 Å². The van der Waals surface area contributed by atoms with E-state index in [1.807, 2.05) is 12.1 Å². The Labute approximate surface area is 120 Å². The molecule has 0 radical (unpaired) electrons. The first-order valence-electron chi connectivity index (χ1n) is 5.99. The lowest BCUT2D eigenvalue weighted by molar-refractivity contribution is 0.628. The molecule has 0 aliphatic rings. The second-order valence-corrected chi connectivity index (χ2v) is 4.44. The van der Waals surface area contributed by atoms with Gasteiger partial charge < -0.3 is 4.98 Å². The van der Waals surface area contributed by atoms with E-state index in [1.54, 1.807) is 24.5 Å². The summed E-state index contributed by atoms with van der Waals surface area (Å²) in [5.41, 5.74) is 3.37. The number of halogens is 1. The lowest BCUT2D eigenvalue weighted by Crippen LogP contribution is -1.84. The van der Waals surface area contributed by atoms with Crippen molar-refractivity contribution in [2.45, 2.75) is 0 Å². The third kappa shape index (κ3) is 2.35. The molecule has 0 amide bonds. The molecule has 3 aromatic rings. The molecule has 5 heteroatoms. The molecule has 3 rings (SSSR count). The van der Waals surface area contributed by atoms with Crippen LogP contribution in [0.25, 0.3) is 22.5 Å². The number of aromatic amines is 1. The van der Waals surface area contributed by atoms with Crippen molar-refractivity contribution in [1.29, 1.82) is 0 Å². The molecule has 1 N–H and O–H groups in total. The molecule has 0 unspecified atom stereocenters. The fourth-order valence-electron chi connectivity index (χ4n) is 1.99. The third-order valence-electron chi connectivity index (χ3n) is 2.92. The summed E-state index contributed by atoms with van der Waals surface area (Å²) in [6.45, 7) is 0. The summed E-state index contributed by atoms with van der Waals surface area (Å²) in [4.78, 5) is 11.6. The molecule has 3 nitrogen and oxygen atoms in total. The van der Waals surface area contributed by atoms with Gasteiger partial charge in [-0.05, 0) is 36.4 Å². The zero-order chi connectivity index (χ0) is 13.9. The van der Waals surface area contributed by atoms with Crippen LogP contribution in [0.15, 0.2) is 48.8 Å². The standard InChI is InChI=1S/C15H10FN3S/c16-12-3-1-10(2-4-12)14-15(19-13(9-20)18-14)11-5-7-17-8-6-11/h1-9H,(H,18,19). The second kappa shape index (κ2) is 5.30. The monoisotopic (exact) mass is 283 g/mol. The molecule has 2 heterocycles. The minimum atomic E-state index is -0.273. The molecule has 0 saturated heterocycles. The first-order valence-corrected chi connectivity index (χ1v) is 6.46. The highest BCUT2D eigenvalue weighted by atomic mass is 32.1. The summed E-state index contributed by atoms with van der Waals surface area (Å²) in [5, 5.41) is 1.48. The van der Waals surface area contributed by atoms with E-state index in [9.17, 15) is 4.39 Å². The van der Waals surface area contributed by atoms with Crippen LogP contribution in [0.5, 0.6) is 0 Å². The van der Waals surface area contributed by atoms with Crippen LogP contribution < -0.4 is 0 Å². The Hall–Kier alpha value is -2.40. The van der Waals surface area contributed by atoms with Gasteiger partial charge in [0.1, 0.15) is 11.6 Å². The van der Waals surface area contributed by atoms with Crippen molar-refractivity contribution >= 4 is 17.6 Å². The number of pyridine rings is 1. The molecule has 0 aliphatic carbocycles. The summed E-state index contributed by atoms with van der Waals surface area (Å²) in [5.74, 6) is 0.330. The minimum absolute atomic E-state index is 0.273. The third-order valence-corrected chi connectivity index (χ3v) is 3.14. The molecular weight excluding hydrogens is 273 g/mol. The Bertz CT molecular complexity index is 736. The smallest absolute Gasteiger partial charge is 0.142 e. The summed E-state index contributed by atoms with van der Waals surface area (Å²) >= 11 is 4.92. The number of nitrogens with zero attached hydrogens (tertiary/aromatic N) is 2. The van der Waals surface area contributed by atoms with Crippen LogP contribution >= 0.6 is 12.2 Å². The van der Waals surface area contributed by atoms with Crippen molar-refractivity contribution in [2.75, 3.05) is 0 Å². The van der Waals surface area contributed by atoms with Crippen LogP contribution in [0.2, 0.25) is 0 Å². The van der Waals surface area contributed by atoms with Gasteiger partial charge in [0.25, 0.3) is 0 Å². The number of thiocarbonyl (C=S) groups is 1. The van der Waals surface area contributed by atoms with Gasteiger partial charge in [0, 0.05) is 28.9 Å². The average molecular weight is 283 g/mol. The van der Waals surface area contributed by atoms with Crippen molar-refractivity contribution in [3.8, 4) is 22.5 Å². The molecule has 1 aromatic carbocycles. The van der Waals surface area contributed by atoms with E-state index in [1.165, 1.54) is 17.5 Å². The molecule has 0 bridgehead atoms. The number of rotatable bonds is 3. The van der Waals surface area contributed by atoms with E-state index < -0.39 is 0 Å². The predicted molar refractivity (Wildman–Crippen MR) is 80.0 cm³/mol. The molecule has 0 atom stereocenters. The van der Waals surface area contributed by atoms with Crippen molar-refractivity contribution in [1.82, 2.24) is 15.0 Å². The van der Waals surface area contributed by atoms with Gasteiger partial charge in [0.2, 0.25) is 0 Å². The molecule has 0 spiro atoms. The van der Waals surface area contributed by atoms with Gasteiger partial charge in [-0.25, -0.2) is 9.37 Å². The normalized spacial score (nSPS) is 10.4. The van der Waals surface area contributed by atoms with Crippen LogP contribution in [0.3, 0.4) is 0 Å². The predicted octanol–water partition coefficient (Wildman–Crippen LogP) is 3.63. The van der Waals surface area contributed by atoms with Gasteiger partial charge in [-0.3, -0.25) is 4.98 Å². The van der Waals surface area contributed by atoms with Gasteiger partial charge in [0.05, 0.1) is 11.4 Å². The van der Waals surface area contributed by atoms with Crippen LogP contribution in [-0.4, -0.2) is 20.3 Å². The summed E-state index contributed by atoms with van der Waals surface area (Å²) in [7, 11) is 0. The molecule has 0 saturated carbocycles. The summed E-state index contributed by atoms with van der Waals surface area (Å²) in [6.07, 6.45) is 3.42. The van der Waals surface area contributed by atoms with Gasteiger partial charge >= 0.3 is 0 Å². The molecular formula is C15H10FN3S. The number of nitrogens with one attached hydrogen (secondary N) is 1. The van der Waals surface area contributed by atoms with E-state index in [0.717, 1.165) is 22.5 Å². The van der Waals surface area contributed by atoms with Gasteiger partial charge in [-0.15, -0.1) is 0 Å². The van der Waals surface area contributed by atoms with E-state index in [-0.39, 0.29) is 5.82 Å². The number of hydrogen-bond acceptors (Lipinski definition) is 3. The first kappa shape index (κ1) is 12.6. The van der Waals surface area contributed by atoms with Gasteiger partial charge in [0.15, 0.2) is 0 Å². The van der Waals surface area contributed by atoms with E-state index >= 15 is 0 Å². The molecule has 98 valence electrons. The fraction of sp³-hybridized carbons (Fsp3) is 0. The summed E-state index contributed by atoms with van der Waals surface area (Å²) < 4.78 is 13.0. The lowest BCUT2D eigenvalue weighted by atomic mass is 10.1. The van der Waals surface area contributed by atoms with E-state index in [2.05, 4.69) is 15.0 Å². The van der Waals surface area contributed by atoms with Crippen LogP contribution in [0.4, 0.5) is 4.39 Å². The first-order chi connectivity index (χ1) is 9.78. The topological polar surface area (TPSA) is 41.6 Å². The number of H-pyrrole nitrogens is 1. The fourth-order valence-corrected chi connectivity index (χ4v) is 2.10. The maximum Gasteiger partial charge on any atom is 0.142 e. The van der Waals surface area contributed by atoms with Gasteiger partial charge in [-0.1, -0.05) is 12.2 Å². The van der Waals surface area contributed by atoms with Crippen LogP contribution in [0, 0.1) is 5.82 Å². The maximum atomic E-state index is 13.0. The Morgan fingerprint density at radius 1 is 1.00 bits per heavy atom. The zero-order valence-corrected chi connectivity index (χ0v) is 11.2.